The maximum Gasteiger partial charge on any atom is 0.317 e. The quantitative estimate of drug-likeness (QED) is 0.785. The summed E-state index contributed by atoms with van der Waals surface area (Å²) >= 11 is 1.70. The maximum atomic E-state index is 12.1. The summed E-state index contributed by atoms with van der Waals surface area (Å²) in [6.07, 6.45) is 2.75. The van der Waals surface area contributed by atoms with E-state index in [-0.39, 0.29) is 6.03 Å². The van der Waals surface area contributed by atoms with E-state index in [4.69, 9.17) is 0 Å². The van der Waals surface area contributed by atoms with Gasteiger partial charge in [0.1, 0.15) is 0 Å². The molecule has 6 nitrogen and oxygen atoms in total. The zero-order valence-corrected chi connectivity index (χ0v) is 13.1. The number of rotatable bonds is 5. The highest BCUT2D eigenvalue weighted by molar-refractivity contribution is 7.09. The molecular weight excluding hydrogens is 298 g/mol. The summed E-state index contributed by atoms with van der Waals surface area (Å²) < 4.78 is 1.88. The summed E-state index contributed by atoms with van der Waals surface area (Å²) in [4.78, 5) is 15.0. The number of aromatic nitrogens is 3. The Morgan fingerprint density at radius 3 is 3.05 bits per heavy atom. The van der Waals surface area contributed by atoms with Crippen molar-refractivity contribution in [2.75, 3.05) is 13.6 Å². The molecule has 0 saturated heterocycles. The molecule has 3 aromatic rings. The van der Waals surface area contributed by atoms with Gasteiger partial charge in [-0.25, -0.2) is 4.79 Å². The van der Waals surface area contributed by atoms with Gasteiger partial charge in [-0.05, 0) is 30.0 Å². The lowest BCUT2D eigenvalue weighted by molar-refractivity contribution is 0.206. The minimum atomic E-state index is -0.107. The van der Waals surface area contributed by atoms with E-state index >= 15 is 0 Å². The van der Waals surface area contributed by atoms with Gasteiger partial charge in [-0.15, -0.1) is 21.5 Å². The lowest BCUT2D eigenvalue weighted by Crippen LogP contribution is -2.38. The highest BCUT2D eigenvalue weighted by atomic mass is 32.1. The zero-order chi connectivity index (χ0) is 15.4. The Kier molecular flexibility index (Phi) is 4.34. The molecule has 0 atom stereocenters. The number of nitrogens with one attached hydrogen (secondary N) is 1. The number of carbonyl (C=O) groups is 1. The molecule has 0 unspecified atom stereocenters. The fraction of sp³-hybridized carbons (Fsp3) is 0.267. The van der Waals surface area contributed by atoms with Gasteiger partial charge in [-0.1, -0.05) is 12.1 Å². The Hall–Kier alpha value is -2.41. The highest BCUT2D eigenvalue weighted by Crippen LogP contribution is 2.08. The van der Waals surface area contributed by atoms with E-state index in [9.17, 15) is 4.79 Å². The SMILES string of the molecule is CN(Cc1nnc2ccccn12)C(=O)NCCc1cccs1. The molecule has 0 spiro atoms. The average Bonchev–Trinajstić information content (AvgIpc) is 3.17. The summed E-state index contributed by atoms with van der Waals surface area (Å²) in [7, 11) is 1.75. The van der Waals surface area contributed by atoms with Gasteiger partial charge in [0, 0.05) is 24.7 Å². The Morgan fingerprint density at radius 2 is 2.23 bits per heavy atom. The van der Waals surface area contributed by atoms with Crippen LogP contribution in [0.1, 0.15) is 10.7 Å². The maximum absolute atomic E-state index is 12.1. The van der Waals surface area contributed by atoms with Crippen LogP contribution in [0, 0.1) is 0 Å². The molecular formula is C15H17N5OS. The molecule has 7 heteroatoms. The topological polar surface area (TPSA) is 62.5 Å². The second kappa shape index (κ2) is 6.57. The third kappa shape index (κ3) is 3.25. The number of carbonyl (C=O) groups excluding carboxylic acids is 1. The first-order valence-corrected chi connectivity index (χ1v) is 7.92. The van der Waals surface area contributed by atoms with Gasteiger partial charge in [-0.2, -0.15) is 0 Å². The summed E-state index contributed by atoms with van der Waals surface area (Å²) in [5.74, 6) is 0.742. The monoisotopic (exact) mass is 315 g/mol. The third-order valence-corrected chi connectivity index (χ3v) is 4.27. The van der Waals surface area contributed by atoms with E-state index in [0.29, 0.717) is 13.1 Å². The van der Waals surface area contributed by atoms with Gasteiger partial charge >= 0.3 is 6.03 Å². The minimum Gasteiger partial charge on any atom is -0.338 e. The first-order chi connectivity index (χ1) is 10.7. The van der Waals surface area contributed by atoms with Crippen molar-refractivity contribution in [2.45, 2.75) is 13.0 Å². The lowest BCUT2D eigenvalue weighted by atomic mass is 10.3. The second-order valence-corrected chi connectivity index (χ2v) is 5.99. The van der Waals surface area contributed by atoms with Crippen molar-refractivity contribution in [1.82, 2.24) is 24.8 Å². The van der Waals surface area contributed by atoms with Crippen molar-refractivity contribution in [1.29, 1.82) is 0 Å². The van der Waals surface area contributed by atoms with Gasteiger partial charge in [0.15, 0.2) is 11.5 Å². The molecule has 0 bridgehead atoms. The number of pyridine rings is 1. The van der Waals surface area contributed by atoms with Crippen molar-refractivity contribution >= 4 is 23.0 Å². The van der Waals surface area contributed by atoms with E-state index in [1.165, 1.54) is 4.88 Å². The number of amides is 2. The van der Waals surface area contributed by atoms with Gasteiger partial charge in [0.05, 0.1) is 6.54 Å². The van der Waals surface area contributed by atoms with Crippen LogP contribution in [0.15, 0.2) is 41.9 Å². The molecule has 2 amide bonds. The van der Waals surface area contributed by atoms with Crippen LogP contribution in [-0.4, -0.2) is 39.1 Å². The summed E-state index contributed by atoms with van der Waals surface area (Å²) in [5, 5.41) is 13.2. The molecule has 0 saturated carbocycles. The fourth-order valence-corrected chi connectivity index (χ4v) is 2.87. The summed E-state index contributed by atoms with van der Waals surface area (Å²) in [5.41, 5.74) is 0.781. The number of thiophene rings is 1. The highest BCUT2D eigenvalue weighted by Gasteiger charge is 2.12. The van der Waals surface area contributed by atoms with Crippen LogP contribution in [-0.2, 0) is 13.0 Å². The van der Waals surface area contributed by atoms with E-state index in [0.717, 1.165) is 17.9 Å². The molecule has 3 rings (SSSR count). The van der Waals surface area contributed by atoms with Crippen molar-refractivity contribution in [3.8, 4) is 0 Å². The predicted octanol–water partition coefficient (Wildman–Crippen LogP) is 2.17. The molecule has 0 fully saturated rings. The standard InChI is InChI=1S/C15H17N5OS/c1-19(15(21)16-8-7-12-5-4-10-22-12)11-14-18-17-13-6-2-3-9-20(13)14/h2-6,9-10H,7-8,11H2,1H3,(H,16,21). The normalized spacial score (nSPS) is 10.8. The molecule has 0 aromatic carbocycles. The third-order valence-electron chi connectivity index (χ3n) is 3.34. The number of hydrogen-bond acceptors (Lipinski definition) is 4. The molecule has 0 aliphatic carbocycles. The van der Waals surface area contributed by atoms with Crippen LogP contribution < -0.4 is 5.32 Å². The first-order valence-electron chi connectivity index (χ1n) is 7.04. The molecule has 114 valence electrons. The Morgan fingerprint density at radius 1 is 1.32 bits per heavy atom. The van der Waals surface area contributed by atoms with E-state index < -0.39 is 0 Å². The Labute approximate surface area is 132 Å². The van der Waals surface area contributed by atoms with Crippen molar-refractivity contribution < 1.29 is 4.79 Å². The second-order valence-electron chi connectivity index (χ2n) is 4.96. The lowest BCUT2D eigenvalue weighted by Gasteiger charge is -2.16. The predicted molar refractivity (Wildman–Crippen MR) is 85.9 cm³/mol. The van der Waals surface area contributed by atoms with Crippen LogP contribution in [0.2, 0.25) is 0 Å². The van der Waals surface area contributed by atoms with Crippen LogP contribution in [0.5, 0.6) is 0 Å². The van der Waals surface area contributed by atoms with Gasteiger partial charge in [0.2, 0.25) is 0 Å². The van der Waals surface area contributed by atoms with Crippen LogP contribution in [0.3, 0.4) is 0 Å². The van der Waals surface area contributed by atoms with E-state index in [1.54, 1.807) is 23.3 Å². The summed E-state index contributed by atoms with van der Waals surface area (Å²) in [6.45, 7) is 1.04. The molecule has 3 heterocycles. The van der Waals surface area contributed by atoms with Crippen molar-refractivity contribution in [2.24, 2.45) is 0 Å². The average molecular weight is 315 g/mol. The molecule has 22 heavy (non-hydrogen) atoms. The Balaban J connectivity index is 1.54. The molecule has 0 aliphatic rings. The zero-order valence-electron chi connectivity index (χ0n) is 12.3. The number of nitrogens with zero attached hydrogens (tertiary/aromatic N) is 4. The molecule has 3 aromatic heterocycles. The molecule has 1 N–H and O–H groups in total. The largest absolute Gasteiger partial charge is 0.338 e. The number of fused-ring (bicyclic) bond motifs is 1. The Bertz CT molecular complexity index is 752. The van der Waals surface area contributed by atoms with Crippen LogP contribution >= 0.6 is 11.3 Å². The minimum absolute atomic E-state index is 0.107. The van der Waals surface area contributed by atoms with Gasteiger partial charge < -0.3 is 10.2 Å². The van der Waals surface area contributed by atoms with Gasteiger partial charge in [0.25, 0.3) is 0 Å². The van der Waals surface area contributed by atoms with E-state index in [2.05, 4.69) is 21.6 Å². The summed E-state index contributed by atoms with van der Waals surface area (Å²) in [6, 6.07) is 9.70. The molecule has 0 radical (unpaired) electrons. The first kappa shape index (κ1) is 14.5. The van der Waals surface area contributed by atoms with Crippen molar-refractivity contribution in [3.63, 3.8) is 0 Å². The van der Waals surface area contributed by atoms with E-state index in [1.807, 2.05) is 40.2 Å². The number of urea groups is 1. The number of hydrogen-bond donors (Lipinski definition) is 1. The van der Waals surface area contributed by atoms with Gasteiger partial charge in [-0.3, -0.25) is 4.40 Å². The van der Waals surface area contributed by atoms with Crippen LogP contribution in [0.4, 0.5) is 4.79 Å². The van der Waals surface area contributed by atoms with Crippen LogP contribution in [0.25, 0.3) is 5.65 Å². The smallest absolute Gasteiger partial charge is 0.317 e. The molecule has 0 aliphatic heterocycles. The fourth-order valence-electron chi connectivity index (χ4n) is 2.17. The van der Waals surface area contributed by atoms with Crippen molar-refractivity contribution in [3.05, 3.63) is 52.6 Å².